The summed E-state index contributed by atoms with van der Waals surface area (Å²) in [4.78, 5) is 0.320. The number of ether oxygens (including phenoxy) is 1. The number of nitrogens with one attached hydrogen (secondary N) is 1. The predicted octanol–water partition coefficient (Wildman–Crippen LogP) is 2.06. The maximum Gasteiger partial charge on any atom is 0.243 e. The number of rotatable bonds is 5. The van der Waals surface area contributed by atoms with Crippen LogP contribution in [0, 0.1) is 5.92 Å². The molecule has 2 aromatic rings. The number of benzene rings is 1. The summed E-state index contributed by atoms with van der Waals surface area (Å²) in [6.45, 7) is 1.13. The Morgan fingerprint density at radius 1 is 1.30 bits per heavy atom. The standard InChI is InChI=1S/C16H21N3O3S/c1-22-15-4-6-16(7-5-15)23(20,21)19-10-2-3-13(12-19)11-14-8-9-17-18-14/h4-9,13H,2-3,10-12H2,1H3,(H,17,18). The Morgan fingerprint density at radius 2 is 2.09 bits per heavy atom. The largest absolute Gasteiger partial charge is 0.497 e. The summed E-state index contributed by atoms with van der Waals surface area (Å²) in [5, 5.41) is 6.90. The molecule has 1 saturated heterocycles. The van der Waals surface area contributed by atoms with Gasteiger partial charge in [-0.15, -0.1) is 0 Å². The number of piperidine rings is 1. The van der Waals surface area contributed by atoms with Crippen molar-refractivity contribution in [3.05, 3.63) is 42.2 Å². The number of hydrogen-bond acceptors (Lipinski definition) is 4. The average Bonchev–Trinajstić information content (AvgIpc) is 3.08. The minimum Gasteiger partial charge on any atom is -0.497 e. The molecule has 1 fully saturated rings. The molecule has 0 aliphatic carbocycles. The lowest BCUT2D eigenvalue weighted by Crippen LogP contribution is -2.40. The number of aromatic amines is 1. The van der Waals surface area contributed by atoms with Gasteiger partial charge in [0, 0.05) is 25.0 Å². The second-order valence-corrected chi connectivity index (χ2v) is 7.77. The van der Waals surface area contributed by atoms with Crippen LogP contribution >= 0.6 is 0 Å². The number of H-pyrrole nitrogens is 1. The SMILES string of the molecule is COc1ccc(S(=O)(=O)N2CCCC(Cc3ccn[nH]3)C2)cc1. The fourth-order valence-electron chi connectivity index (χ4n) is 3.02. The zero-order chi connectivity index (χ0) is 16.3. The molecule has 1 aromatic carbocycles. The number of nitrogens with zero attached hydrogens (tertiary/aromatic N) is 2. The topological polar surface area (TPSA) is 75.3 Å². The van der Waals surface area contributed by atoms with Crippen molar-refractivity contribution in [3.8, 4) is 5.75 Å². The van der Waals surface area contributed by atoms with Crippen LogP contribution in [0.5, 0.6) is 5.75 Å². The van der Waals surface area contributed by atoms with Gasteiger partial charge in [0.15, 0.2) is 0 Å². The molecule has 1 unspecified atom stereocenters. The van der Waals surface area contributed by atoms with Gasteiger partial charge in [-0.25, -0.2) is 8.42 Å². The van der Waals surface area contributed by atoms with Crippen molar-refractivity contribution in [1.82, 2.24) is 14.5 Å². The molecule has 0 bridgehead atoms. The van der Waals surface area contributed by atoms with Crippen molar-refractivity contribution in [2.45, 2.75) is 24.2 Å². The van der Waals surface area contributed by atoms with E-state index in [4.69, 9.17) is 4.74 Å². The zero-order valence-corrected chi connectivity index (χ0v) is 13.9. The van der Waals surface area contributed by atoms with Crippen LogP contribution in [0.4, 0.5) is 0 Å². The van der Waals surface area contributed by atoms with Gasteiger partial charge in [-0.2, -0.15) is 9.40 Å². The Kier molecular flexibility index (Phi) is 4.68. The summed E-state index contributed by atoms with van der Waals surface area (Å²) in [5.74, 6) is 0.969. The van der Waals surface area contributed by atoms with E-state index in [1.54, 1.807) is 41.9 Å². The monoisotopic (exact) mass is 335 g/mol. The normalized spacial score (nSPS) is 19.6. The maximum atomic E-state index is 12.8. The molecule has 0 amide bonds. The van der Waals surface area contributed by atoms with Gasteiger partial charge in [0.1, 0.15) is 5.75 Å². The van der Waals surface area contributed by atoms with E-state index in [9.17, 15) is 8.42 Å². The molecule has 2 heterocycles. The van der Waals surface area contributed by atoms with E-state index in [0.29, 0.717) is 29.7 Å². The van der Waals surface area contributed by atoms with Crippen molar-refractivity contribution < 1.29 is 13.2 Å². The molecule has 1 N–H and O–H groups in total. The molecular formula is C16H21N3O3S. The molecule has 0 radical (unpaired) electrons. The molecule has 1 aliphatic rings. The maximum absolute atomic E-state index is 12.8. The van der Waals surface area contributed by atoms with Crippen LogP contribution in [0.1, 0.15) is 18.5 Å². The van der Waals surface area contributed by atoms with E-state index in [0.717, 1.165) is 25.0 Å². The fraction of sp³-hybridized carbons (Fsp3) is 0.438. The molecule has 3 rings (SSSR count). The van der Waals surface area contributed by atoms with Gasteiger partial charge in [-0.05, 0) is 55.5 Å². The van der Waals surface area contributed by atoms with E-state index in [2.05, 4.69) is 10.2 Å². The number of methoxy groups -OCH3 is 1. The van der Waals surface area contributed by atoms with Crippen LogP contribution in [0.25, 0.3) is 0 Å². The molecule has 124 valence electrons. The molecule has 0 saturated carbocycles. The van der Waals surface area contributed by atoms with Crippen molar-refractivity contribution in [2.24, 2.45) is 5.92 Å². The Bertz CT molecular complexity index is 726. The molecule has 0 spiro atoms. The van der Waals surface area contributed by atoms with Crippen LogP contribution in [0.15, 0.2) is 41.4 Å². The Labute approximate surface area is 136 Å². The molecule has 6 nitrogen and oxygen atoms in total. The first-order chi connectivity index (χ1) is 11.1. The van der Waals surface area contributed by atoms with E-state index < -0.39 is 10.0 Å². The second kappa shape index (κ2) is 6.72. The fourth-order valence-corrected chi connectivity index (χ4v) is 4.57. The minimum absolute atomic E-state index is 0.317. The van der Waals surface area contributed by atoms with Crippen LogP contribution in [0.3, 0.4) is 0 Å². The van der Waals surface area contributed by atoms with Crippen molar-refractivity contribution >= 4 is 10.0 Å². The quantitative estimate of drug-likeness (QED) is 0.907. The molecule has 1 aromatic heterocycles. The van der Waals surface area contributed by atoms with Gasteiger partial charge in [-0.3, -0.25) is 5.10 Å². The highest BCUT2D eigenvalue weighted by atomic mass is 32.2. The number of sulfonamides is 1. The lowest BCUT2D eigenvalue weighted by atomic mass is 9.95. The summed E-state index contributed by atoms with van der Waals surface area (Å²) in [6, 6.07) is 8.51. The first-order valence-corrected chi connectivity index (χ1v) is 9.16. The van der Waals surface area contributed by atoms with Crippen molar-refractivity contribution in [2.75, 3.05) is 20.2 Å². The summed E-state index contributed by atoms with van der Waals surface area (Å²) < 4.78 is 32.3. The van der Waals surface area contributed by atoms with Crippen LogP contribution in [-0.4, -0.2) is 43.1 Å². The van der Waals surface area contributed by atoms with Crippen LogP contribution in [0.2, 0.25) is 0 Å². The van der Waals surface area contributed by atoms with Crippen molar-refractivity contribution in [1.29, 1.82) is 0 Å². The number of aromatic nitrogens is 2. The first-order valence-electron chi connectivity index (χ1n) is 7.72. The highest BCUT2D eigenvalue weighted by molar-refractivity contribution is 7.89. The van der Waals surface area contributed by atoms with E-state index in [1.807, 2.05) is 6.07 Å². The highest BCUT2D eigenvalue weighted by Gasteiger charge is 2.30. The van der Waals surface area contributed by atoms with E-state index in [-0.39, 0.29) is 0 Å². The second-order valence-electron chi connectivity index (χ2n) is 5.83. The summed E-state index contributed by atoms with van der Waals surface area (Å²) in [7, 11) is -1.88. The van der Waals surface area contributed by atoms with Gasteiger partial charge in [0.25, 0.3) is 0 Å². The summed E-state index contributed by atoms with van der Waals surface area (Å²) >= 11 is 0. The lowest BCUT2D eigenvalue weighted by molar-refractivity contribution is 0.264. The van der Waals surface area contributed by atoms with Gasteiger partial charge in [0.05, 0.1) is 12.0 Å². The summed E-state index contributed by atoms with van der Waals surface area (Å²) in [6.07, 6.45) is 4.47. The van der Waals surface area contributed by atoms with Crippen LogP contribution < -0.4 is 4.74 Å². The lowest BCUT2D eigenvalue weighted by Gasteiger charge is -2.31. The van der Waals surface area contributed by atoms with Crippen LogP contribution in [-0.2, 0) is 16.4 Å². The van der Waals surface area contributed by atoms with Gasteiger partial charge in [0.2, 0.25) is 10.0 Å². The molecular weight excluding hydrogens is 314 g/mol. The third-order valence-corrected chi connectivity index (χ3v) is 6.13. The smallest absolute Gasteiger partial charge is 0.243 e. The van der Waals surface area contributed by atoms with Gasteiger partial charge in [-0.1, -0.05) is 0 Å². The molecule has 1 atom stereocenters. The summed E-state index contributed by atoms with van der Waals surface area (Å²) in [5.41, 5.74) is 1.05. The third-order valence-electron chi connectivity index (χ3n) is 4.25. The average molecular weight is 335 g/mol. The Hall–Kier alpha value is -1.86. The molecule has 1 aliphatic heterocycles. The van der Waals surface area contributed by atoms with E-state index >= 15 is 0 Å². The zero-order valence-electron chi connectivity index (χ0n) is 13.1. The van der Waals surface area contributed by atoms with Gasteiger partial charge >= 0.3 is 0 Å². The first kappa shape index (κ1) is 16.0. The van der Waals surface area contributed by atoms with Gasteiger partial charge < -0.3 is 4.74 Å². The predicted molar refractivity (Wildman–Crippen MR) is 86.8 cm³/mol. The molecule has 7 heteroatoms. The molecule has 23 heavy (non-hydrogen) atoms. The third kappa shape index (κ3) is 3.56. The van der Waals surface area contributed by atoms with Crippen molar-refractivity contribution in [3.63, 3.8) is 0 Å². The number of hydrogen-bond donors (Lipinski definition) is 1. The minimum atomic E-state index is -3.45. The van der Waals surface area contributed by atoms with E-state index in [1.165, 1.54) is 0 Å². The Morgan fingerprint density at radius 3 is 2.74 bits per heavy atom. The highest BCUT2D eigenvalue weighted by Crippen LogP contribution is 2.26. The Balaban J connectivity index is 1.73.